The Hall–Kier alpha value is -2.38. The summed E-state index contributed by atoms with van der Waals surface area (Å²) in [6, 6.07) is 10.8. The summed E-state index contributed by atoms with van der Waals surface area (Å²) in [4.78, 5) is 26.5. The minimum atomic E-state index is -0.104. The van der Waals surface area contributed by atoms with Gasteiger partial charge in [-0.2, -0.15) is 0 Å². The van der Waals surface area contributed by atoms with Gasteiger partial charge in [-0.3, -0.25) is 9.59 Å². The molecule has 0 aliphatic heterocycles. The van der Waals surface area contributed by atoms with Crippen LogP contribution in [-0.2, 0) is 12.8 Å². The molecule has 0 saturated carbocycles. The molecule has 2 aromatic rings. The first-order valence-corrected chi connectivity index (χ1v) is 9.65. The van der Waals surface area contributed by atoms with E-state index in [9.17, 15) is 9.59 Å². The molecule has 6 nitrogen and oxygen atoms in total. The molecule has 0 saturated heterocycles. The first-order valence-electron chi connectivity index (χ1n) is 9.65. The Kier molecular flexibility index (Phi) is 7.06. The van der Waals surface area contributed by atoms with Gasteiger partial charge >= 0.3 is 0 Å². The van der Waals surface area contributed by atoms with Gasteiger partial charge < -0.3 is 20.8 Å². The minimum absolute atomic E-state index is 0.0582. The molecule has 0 unspecified atom stereocenters. The molecule has 0 fully saturated rings. The molecule has 1 aliphatic carbocycles. The number of carbonyl (C=O) groups excluding carboxylic acids is 2. The molecule has 0 atom stereocenters. The average Bonchev–Trinajstić information content (AvgIpc) is 2.72. The second kappa shape index (κ2) is 9.71. The highest BCUT2D eigenvalue weighted by Crippen LogP contribution is 2.32. The first kappa shape index (κ1) is 20.4. The summed E-state index contributed by atoms with van der Waals surface area (Å²) in [5.41, 5.74) is 3.63. The van der Waals surface area contributed by atoms with Crippen molar-refractivity contribution in [2.45, 2.75) is 12.8 Å². The number of benzene rings is 2. The largest absolute Gasteiger partial charge is 0.395 e. The topological polar surface area (TPSA) is 98.7 Å². The fourth-order valence-corrected chi connectivity index (χ4v) is 3.63. The van der Waals surface area contributed by atoms with E-state index in [1.807, 2.05) is 12.1 Å². The molecule has 6 heteroatoms. The molecule has 0 radical (unpaired) electrons. The van der Waals surface area contributed by atoms with E-state index in [2.05, 4.69) is 10.6 Å². The Bertz CT molecular complexity index is 794. The summed E-state index contributed by atoms with van der Waals surface area (Å²) in [6.07, 6.45) is 1.21. The molecule has 148 valence electrons. The van der Waals surface area contributed by atoms with E-state index in [4.69, 9.17) is 10.2 Å². The van der Waals surface area contributed by atoms with Crippen molar-refractivity contribution in [1.29, 1.82) is 0 Å². The fourth-order valence-electron chi connectivity index (χ4n) is 3.63. The lowest BCUT2D eigenvalue weighted by atomic mass is 9.78. The first-order chi connectivity index (χ1) is 13.7. The Morgan fingerprint density at radius 1 is 0.643 bits per heavy atom. The van der Waals surface area contributed by atoms with Gasteiger partial charge in [0.1, 0.15) is 0 Å². The zero-order valence-corrected chi connectivity index (χ0v) is 15.8. The highest BCUT2D eigenvalue weighted by atomic mass is 16.3. The van der Waals surface area contributed by atoms with Crippen LogP contribution in [0.3, 0.4) is 0 Å². The number of hydrogen-bond acceptors (Lipinski definition) is 6. The van der Waals surface area contributed by atoms with Crippen LogP contribution >= 0.6 is 0 Å². The van der Waals surface area contributed by atoms with E-state index in [1.165, 1.54) is 0 Å². The number of rotatable bonds is 10. The molecular formula is C22H26N2O4. The Labute approximate surface area is 164 Å². The van der Waals surface area contributed by atoms with Gasteiger partial charge in [-0.15, -0.1) is 0 Å². The zero-order valence-electron chi connectivity index (χ0n) is 15.8. The smallest absolute Gasteiger partial charge is 0.194 e. The van der Waals surface area contributed by atoms with Gasteiger partial charge in [-0.1, -0.05) is 36.4 Å². The minimum Gasteiger partial charge on any atom is -0.395 e. The van der Waals surface area contributed by atoms with E-state index in [-0.39, 0.29) is 24.8 Å². The number of aliphatic hydroxyl groups excluding tert-OH is 2. The number of carbonyl (C=O) groups is 2. The maximum Gasteiger partial charge on any atom is 0.194 e. The standard InChI is InChI=1S/C22H26N2O4/c25-13-11-23-9-7-15-5-6-16(8-10-24-12-14-26)20-19(15)21(27)17-3-1-2-4-18(17)22(20)28/h1-6,23-26H,7-14H2. The third kappa shape index (κ3) is 4.20. The van der Waals surface area contributed by atoms with Gasteiger partial charge in [-0.25, -0.2) is 0 Å². The van der Waals surface area contributed by atoms with Gasteiger partial charge in [0.15, 0.2) is 11.6 Å². The highest BCUT2D eigenvalue weighted by Gasteiger charge is 2.33. The highest BCUT2D eigenvalue weighted by molar-refractivity contribution is 6.29. The molecule has 0 spiro atoms. The summed E-state index contributed by atoms with van der Waals surface area (Å²) in [5, 5.41) is 24.1. The van der Waals surface area contributed by atoms with E-state index in [0.29, 0.717) is 61.3 Å². The second-order valence-corrected chi connectivity index (χ2v) is 6.78. The second-order valence-electron chi connectivity index (χ2n) is 6.78. The van der Waals surface area contributed by atoms with Gasteiger partial charge in [0.2, 0.25) is 0 Å². The predicted octanol–water partition coefficient (Wildman–Crippen LogP) is 0.711. The summed E-state index contributed by atoms with van der Waals surface area (Å²) < 4.78 is 0. The van der Waals surface area contributed by atoms with Gasteiger partial charge in [0.25, 0.3) is 0 Å². The van der Waals surface area contributed by atoms with Crippen molar-refractivity contribution in [2.75, 3.05) is 39.4 Å². The number of hydrogen-bond donors (Lipinski definition) is 4. The number of nitrogens with one attached hydrogen (secondary N) is 2. The van der Waals surface area contributed by atoms with E-state index in [1.54, 1.807) is 24.3 Å². The number of ketones is 2. The van der Waals surface area contributed by atoms with E-state index in [0.717, 1.165) is 11.1 Å². The SMILES string of the molecule is O=C1c2ccccc2C(=O)c2c(CCNCCO)ccc(CCNCCO)c21. The van der Waals surface area contributed by atoms with Crippen LogP contribution in [0.4, 0.5) is 0 Å². The molecule has 1 aliphatic rings. The summed E-state index contributed by atoms with van der Waals surface area (Å²) in [7, 11) is 0. The average molecular weight is 382 g/mol. The maximum absolute atomic E-state index is 13.2. The van der Waals surface area contributed by atoms with Crippen LogP contribution in [0.5, 0.6) is 0 Å². The molecule has 2 aromatic carbocycles. The predicted molar refractivity (Wildman–Crippen MR) is 107 cm³/mol. The van der Waals surface area contributed by atoms with Crippen LogP contribution in [0.2, 0.25) is 0 Å². The molecule has 0 amide bonds. The number of aliphatic hydroxyl groups is 2. The van der Waals surface area contributed by atoms with Crippen molar-refractivity contribution in [3.8, 4) is 0 Å². The van der Waals surface area contributed by atoms with Crippen LogP contribution in [0.15, 0.2) is 36.4 Å². The van der Waals surface area contributed by atoms with Crippen LogP contribution in [0, 0.1) is 0 Å². The Morgan fingerprint density at radius 3 is 1.46 bits per heavy atom. The van der Waals surface area contributed by atoms with Crippen molar-refractivity contribution >= 4 is 11.6 Å². The molecule has 0 bridgehead atoms. The van der Waals surface area contributed by atoms with Gasteiger partial charge in [-0.05, 0) is 37.1 Å². The van der Waals surface area contributed by atoms with Gasteiger partial charge in [0.05, 0.1) is 13.2 Å². The lowest BCUT2D eigenvalue weighted by Crippen LogP contribution is -2.27. The molecule has 4 N–H and O–H groups in total. The van der Waals surface area contributed by atoms with Crippen LogP contribution in [0.1, 0.15) is 43.0 Å². The zero-order chi connectivity index (χ0) is 19.9. The molecule has 0 heterocycles. The lowest BCUT2D eigenvalue weighted by Gasteiger charge is -2.23. The van der Waals surface area contributed by atoms with Crippen molar-refractivity contribution in [1.82, 2.24) is 10.6 Å². The normalized spacial score (nSPS) is 12.8. The van der Waals surface area contributed by atoms with Crippen LogP contribution < -0.4 is 10.6 Å². The lowest BCUT2D eigenvalue weighted by molar-refractivity contribution is 0.0977. The van der Waals surface area contributed by atoms with Crippen molar-refractivity contribution in [3.05, 3.63) is 69.8 Å². The number of fused-ring (bicyclic) bond motifs is 2. The summed E-state index contributed by atoms with van der Waals surface area (Å²) in [6.45, 7) is 2.34. The van der Waals surface area contributed by atoms with Crippen molar-refractivity contribution < 1.29 is 19.8 Å². The van der Waals surface area contributed by atoms with Crippen LogP contribution in [-0.4, -0.2) is 61.2 Å². The Morgan fingerprint density at radius 2 is 1.07 bits per heavy atom. The molecule has 3 rings (SSSR count). The molecule has 28 heavy (non-hydrogen) atoms. The fraction of sp³-hybridized carbons (Fsp3) is 0.364. The van der Waals surface area contributed by atoms with Crippen molar-refractivity contribution in [3.63, 3.8) is 0 Å². The van der Waals surface area contributed by atoms with Crippen LogP contribution in [0.25, 0.3) is 0 Å². The molecular weight excluding hydrogens is 356 g/mol. The van der Waals surface area contributed by atoms with Crippen molar-refractivity contribution in [2.24, 2.45) is 0 Å². The third-order valence-corrected chi connectivity index (χ3v) is 4.97. The third-order valence-electron chi connectivity index (χ3n) is 4.97. The van der Waals surface area contributed by atoms with Gasteiger partial charge in [0, 0.05) is 35.3 Å². The Balaban J connectivity index is 1.97. The monoisotopic (exact) mass is 382 g/mol. The quantitative estimate of drug-likeness (QED) is 0.386. The summed E-state index contributed by atoms with van der Waals surface area (Å²) >= 11 is 0. The van der Waals surface area contributed by atoms with E-state index < -0.39 is 0 Å². The molecule has 0 aromatic heterocycles. The maximum atomic E-state index is 13.2. The summed E-state index contributed by atoms with van der Waals surface area (Å²) in [5.74, 6) is -0.208. The van der Waals surface area contributed by atoms with E-state index >= 15 is 0 Å².